The largest absolute Gasteiger partial charge is 0.372 e. The average Bonchev–Trinajstić information content (AvgIpc) is 2.25. The Bertz CT molecular complexity index is 285. The van der Waals surface area contributed by atoms with Gasteiger partial charge in [-0.05, 0) is 37.0 Å². The summed E-state index contributed by atoms with van der Waals surface area (Å²) >= 11 is 0. The molecule has 0 saturated carbocycles. The second-order valence-corrected chi connectivity index (χ2v) is 4.61. The molecular formula is C13H22N2O. The van der Waals surface area contributed by atoms with Crippen LogP contribution in [0.3, 0.4) is 0 Å². The third-order valence-corrected chi connectivity index (χ3v) is 2.50. The predicted molar refractivity (Wildman–Crippen MR) is 66.0 cm³/mol. The minimum atomic E-state index is -0.0262. The van der Waals surface area contributed by atoms with E-state index in [0.29, 0.717) is 5.92 Å². The summed E-state index contributed by atoms with van der Waals surface area (Å²) in [6, 6.07) is 3.92. The van der Waals surface area contributed by atoms with Crippen LogP contribution in [-0.2, 0) is 4.74 Å². The van der Waals surface area contributed by atoms with Gasteiger partial charge in [-0.25, -0.2) is 0 Å². The number of hydrogen-bond acceptors (Lipinski definition) is 3. The zero-order valence-electron chi connectivity index (χ0n) is 10.4. The maximum Gasteiger partial charge on any atom is 0.0974 e. The van der Waals surface area contributed by atoms with Crippen molar-refractivity contribution in [2.24, 2.45) is 11.7 Å². The highest BCUT2D eigenvalue weighted by atomic mass is 16.5. The fourth-order valence-corrected chi connectivity index (χ4v) is 1.54. The molecule has 0 aliphatic carbocycles. The van der Waals surface area contributed by atoms with Crippen LogP contribution in [0, 0.1) is 5.92 Å². The highest BCUT2D eigenvalue weighted by molar-refractivity contribution is 5.14. The summed E-state index contributed by atoms with van der Waals surface area (Å²) < 4.78 is 5.85. The zero-order valence-corrected chi connectivity index (χ0v) is 10.4. The molecular weight excluding hydrogens is 200 g/mol. The van der Waals surface area contributed by atoms with Crippen molar-refractivity contribution in [2.75, 3.05) is 6.61 Å². The number of nitrogens with two attached hydrogens (primary N) is 1. The lowest BCUT2D eigenvalue weighted by atomic mass is 10.1. The molecule has 2 atom stereocenters. The van der Waals surface area contributed by atoms with Crippen LogP contribution < -0.4 is 5.73 Å². The van der Waals surface area contributed by atoms with E-state index in [1.165, 1.54) is 0 Å². The van der Waals surface area contributed by atoms with Crippen LogP contribution in [0.2, 0.25) is 0 Å². The predicted octanol–water partition coefficient (Wildman–Crippen LogP) is 2.53. The summed E-state index contributed by atoms with van der Waals surface area (Å²) in [4.78, 5) is 4.00. The number of nitrogens with zero attached hydrogens (tertiary/aromatic N) is 1. The molecule has 0 spiro atoms. The highest BCUT2D eigenvalue weighted by Crippen LogP contribution is 2.20. The molecule has 0 bridgehead atoms. The van der Waals surface area contributed by atoms with E-state index in [-0.39, 0.29) is 12.1 Å². The van der Waals surface area contributed by atoms with Crippen molar-refractivity contribution >= 4 is 0 Å². The Morgan fingerprint density at radius 3 is 2.38 bits per heavy atom. The van der Waals surface area contributed by atoms with Crippen LogP contribution in [0.5, 0.6) is 0 Å². The first-order valence-corrected chi connectivity index (χ1v) is 5.88. The van der Waals surface area contributed by atoms with Crippen molar-refractivity contribution in [2.45, 2.75) is 39.3 Å². The fraction of sp³-hybridized carbons (Fsp3) is 0.615. The van der Waals surface area contributed by atoms with E-state index in [2.05, 4.69) is 18.8 Å². The molecule has 1 aromatic rings. The number of ether oxygens (including phenoxy) is 1. The number of aromatic nitrogens is 1. The van der Waals surface area contributed by atoms with Gasteiger partial charge in [-0.3, -0.25) is 4.98 Å². The lowest BCUT2D eigenvalue weighted by Gasteiger charge is -2.22. The molecule has 90 valence electrons. The topological polar surface area (TPSA) is 48.1 Å². The van der Waals surface area contributed by atoms with Crippen molar-refractivity contribution in [1.82, 2.24) is 4.98 Å². The van der Waals surface area contributed by atoms with Gasteiger partial charge in [0, 0.05) is 25.0 Å². The first-order valence-electron chi connectivity index (χ1n) is 5.88. The SMILES string of the molecule is CC(C)CCOC(c1ccncc1)C(C)N. The van der Waals surface area contributed by atoms with Crippen LogP contribution in [-0.4, -0.2) is 17.6 Å². The third kappa shape index (κ3) is 4.29. The quantitative estimate of drug-likeness (QED) is 0.804. The van der Waals surface area contributed by atoms with E-state index in [1.54, 1.807) is 12.4 Å². The molecule has 0 radical (unpaired) electrons. The lowest BCUT2D eigenvalue weighted by Crippen LogP contribution is -2.27. The summed E-state index contributed by atoms with van der Waals surface area (Å²) in [5.41, 5.74) is 7.05. The van der Waals surface area contributed by atoms with Crippen LogP contribution in [0.4, 0.5) is 0 Å². The van der Waals surface area contributed by atoms with Gasteiger partial charge in [0.05, 0.1) is 6.10 Å². The molecule has 1 heterocycles. The standard InChI is InChI=1S/C13H22N2O/c1-10(2)6-9-16-13(11(3)14)12-4-7-15-8-5-12/h4-5,7-8,10-11,13H,6,9,14H2,1-3H3. The summed E-state index contributed by atoms with van der Waals surface area (Å²) in [5, 5.41) is 0. The van der Waals surface area contributed by atoms with Crippen LogP contribution in [0.15, 0.2) is 24.5 Å². The molecule has 0 aliphatic rings. The van der Waals surface area contributed by atoms with E-state index in [1.807, 2.05) is 19.1 Å². The van der Waals surface area contributed by atoms with Crippen molar-refractivity contribution < 1.29 is 4.74 Å². The Hall–Kier alpha value is -0.930. The number of hydrogen-bond donors (Lipinski definition) is 1. The minimum absolute atomic E-state index is 0.00503. The summed E-state index contributed by atoms with van der Waals surface area (Å²) in [6.45, 7) is 7.11. The minimum Gasteiger partial charge on any atom is -0.372 e. The maximum atomic E-state index is 5.94. The molecule has 1 rings (SSSR count). The zero-order chi connectivity index (χ0) is 12.0. The maximum absolute atomic E-state index is 5.94. The van der Waals surface area contributed by atoms with Gasteiger partial charge in [-0.1, -0.05) is 13.8 Å². The molecule has 2 N–H and O–H groups in total. The monoisotopic (exact) mass is 222 g/mol. The third-order valence-electron chi connectivity index (χ3n) is 2.50. The second-order valence-electron chi connectivity index (χ2n) is 4.61. The first kappa shape index (κ1) is 13.1. The van der Waals surface area contributed by atoms with Gasteiger partial charge in [0.15, 0.2) is 0 Å². The van der Waals surface area contributed by atoms with Crippen molar-refractivity contribution in [3.63, 3.8) is 0 Å². The Kier molecular flexibility index (Phi) is 5.43. The number of rotatable bonds is 6. The lowest BCUT2D eigenvalue weighted by molar-refractivity contribution is 0.0321. The molecule has 3 nitrogen and oxygen atoms in total. The molecule has 0 aliphatic heterocycles. The second kappa shape index (κ2) is 6.61. The van der Waals surface area contributed by atoms with Gasteiger partial charge < -0.3 is 10.5 Å². The van der Waals surface area contributed by atoms with E-state index in [0.717, 1.165) is 18.6 Å². The van der Waals surface area contributed by atoms with Gasteiger partial charge in [-0.2, -0.15) is 0 Å². The Morgan fingerprint density at radius 1 is 1.25 bits per heavy atom. The fourth-order valence-electron chi connectivity index (χ4n) is 1.54. The molecule has 0 amide bonds. The van der Waals surface area contributed by atoms with Crippen LogP contribution in [0.25, 0.3) is 0 Å². The number of pyridine rings is 1. The Balaban J connectivity index is 2.55. The molecule has 0 fully saturated rings. The Morgan fingerprint density at radius 2 is 1.88 bits per heavy atom. The van der Waals surface area contributed by atoms with Crippen LogP contribution in [0.1, 0.15) is 38.9 Å². The van der Waals surface area contributed by atoms with E-state index in [9.17, 15) is 0 Å². The normalized spacial score (nSPS) is 15.1. The first-order chi connectivity index (χ1) is 7.61. The molecule has 0 aromatic carbocycles. The highest BCUT2D eigenvalue weighted by Gasteiger charge is 2.16. The van der Waals surface area contributed by atoms with Crippen molar-refractivity contribution in [3.8, 4) is 0 Å². The van der Waals surface area contributed by atoms with E-state index in [4.69, 9.17) is 10.5 Å². The molecule has 16 heavy (non-hydrogen) atoms. The van der Waals surface area contributed by atoms with E-state index >= 15 is 0 Å². The van der Waals surface area contributed by atoms with Gasteiger partial charge in [0.2, 0.25) is 0 Å². The Labute approximate surface area is 98.0 Å². The molecule has 0 saturated heterocycles. The molecule has 3 heteroatoms. The van der Waals surface area contributed by atoms with Crippen LogP contribution >= 0.6 is 0 Å². The van der Waals surface area contributed by atoms with Crippen molar-refractivity contribution in [1.29, 1.82) is 0 Å². The van der Waals surface area contributed by atoms with E-state index < -0.39 is 0 Å². The summed E-state index contributed by atoms with van der Waals surface area (Å²) in [6.07, 6.45) is 4.59. The average molecular weight is 222 g/mol. The van der Waals surface area contributed by atoms with Gasteiger partial charge in [-0.15, -0.1) is 0 Å². The molecule has 2 unspecified atom stereocenters. The molecule has 1 aromatic heterocycles. The van der Waals surface area contributed by atoms with Crippen molar-refractivity contribution in [3.05, 3.63) is 30.1 Å². The summed E-state index contributed by atoms with van der Waals surface area (Å²) in [5.74, 6) is 0.658. The van der Waals surface area contributed by atoms with Gasteiger partial charge in [0.1, 0.15) is 0 Å². The summed E-state index contributed by atoms with van der Waals surface area (Å²) in [7, 11) is 0. The van der Waals surface area contributed by atoms with Gasteiger partial charge in [0.25, 0.3) is 0 Å². The smallest absolute Gasteiger partial charge is 0.0974 e. The van der Waals surface area contributed by atoms with Gasteiger partial charge >= 0.3 is 0 Å².